The molecule has 1 saturated heterocycles. The maximum absolute atomic E-state index is 12.2. The molecule has 0 spiro atoms. The van der Waals surface area contributed by atoms with Crippen molar-refractivity contribution in [2.24, 2.45) is 0 Å². The Morgan fingerprint density at radius 3 is 3.00 bits per heavy atom. The van der Waals surface area contributed by atoms with Crippen molar-refractivity contribution in [3.05, 3.63) is 42.1 Å². The summed E-state index contributed by atoms with van der Waals surface area (Å²) in [5, 5.41) is 1.08. The molecule has 0 radical (unpaired) electrons. The standard InChI is InChI=1S/C17H19NO2/c19-14(12-15-5-3-4-10-20-15)11-13-8-9-18-17-7-2-1-6-16(13)17/h1-2,6-9,15H,3-5,10-12H2. The first-order chi connectivity index (χ1) is 9.83. The second-order valence-corrected chi connectivity index (χ2v) is 5.40. The van der Waals surface area contributed by atoms with Gasteiger partial charge in [0.1, 0.15) is 5.78 Å². The molecule has 0 amide bonds. The van der Waals surface area contributed by atoms with E-state index >= 15 is 0 Å². The van der Waals surface area contributed by atoms with Gasteiger partial charge < -0.3 is 4.74 Å². The quantitative estimate of drug-likeness (QED) is 0.855. The lowest BCUT2D eigenvalue weighted by Gasteiger charge is -2.21. The molecule has 1 fully saturated rings. The van der Waals surface area contributed by atoms with Crippen LogP contribution in [0, 0.1) is 0 Å². The van der Waals surface area contributed by atoms with Gasteiger partial charge in [0.15, 0.2) is 0 Å². The zero-order valence-corrected chi connectivity index (χ0v) is 11.5. The number of ketones is 1. The number of para-hydroxylation sites is 1. The molecule has 0 bridgehead atoms. The Morgan fingerprint density at radius 2 is 2.15 bits per heavy atom. The Morgan fingerprint density at radius 1 is 1.25 bits per heavy atom. The molecule has 1 aliphatic heterocycles. The Labute approximate surface area is 119 Å². The molecule has 20 heavy (non-hydrogen) atoms. The van der Waals surface area contributed by atoms with Gasteiger partial charge in [-0.1, -0.05) is 18.2 Å². The third-order valence-corrected chi connectivity index (χ3v) is 3.86. The van der Waals surface area contributed by atoms with Crippen LogP contribution in [0.3, 0.4) is 0 Å². The minimum atomic E-state index is 0.129. The zero-order chi connectivity index (χ0) is 13.8. The SMILES string of the molecule is O=C(Cc1ccnc2ccccc12)CC1CCCCO1. The summed E-state index contributed by atoms with van der Waals surface area (Å²) in [6, 6.07) is 9.91. The van der Waals surface area contributed by atoms with Gasteiger partial charge in [0.05, 0.1) is 11.6 Å². The summed E-state index contributed by atoms with van der Waals surface area (Å²) in [5.41, 5.74) is 2.02. The molecule has 3 rings (SSSR count). The van der Waals surface area contributed by atoms with Gasteiger partial charge in [-0.05, 0) is 37.0 Å². The first-order valence-electron chi connectivity index (χ1n) is 7.29. The molecule has 0 saturated carbocycles. The van der Waals surface area contributed by atoms with E-state index < -0.39 is 0 Å². The van der Waals surface area contributed by atoms with Crippen LogP contribution in [0.5, 0.6) is 0 Å². The van der Waals surface area contributed by atoms with Crippen LogP contribution in [0.1, 0.15) is 31.2 Å². The van der Waals surface area contributed by atoms with E-state index in [0.29, 0.717) is 12.8 Å². The number of Topliss-reactive ketones (excluding diaryl/α,β-unsaturated/α-hetero) is 1. The fourth-order valence-corrected chi connectivity index (χ4v) is 2.82. The average Bonchev–Trinajstić information content (AvgIpc) is 2.48. The van der Waals surface area contributed by atoms with Gasteiger partial charge in [0.25, 0.3) is 0 Å². The highest BCUT2D eigenvalue weighted by molar-refractivity contribution is 5.89. The van der Waals surface area contributed by atoms with E-state index in [9.17, 15) is 4.79 Å². The van der Waals surface area contributed by atoms with Crippen LogP contribution in [-0.4, -0.2) is 23.5 Å². The first-order valence-corrected chi connectivity index (χ1v) is 7.29. The lowest BCUT2D eigenvalue weighted by atomic mass is 9.98. The van der Waals surface area contributed by atoms with Crippen molar-refractivity contribution in [3.8, 4) is 0 Å². The number of hydrogen-bond acceptors (Lipinski definition) is 3. The number of benzene rings is 1. The maximum Gasteiger partial charge on any atom is 0.139 e. The number of nitrogens with zero attached hydrogens (tertiary/aromatic N) is 1. The summed E-state index contributed by atoms with van der Waals surface area (Å²) in [7, 11) is 0. The van der Waals surface area contributed by atoms with Gasteiger partial charge in [-0.25, -0.2) is 0 Å². The molecular formula is C17H19NO2. The Kier molecular flexibility index (Phi) is 4.07. The largest absolute Gasteiger partial charge is 0.378 e. The highest BCUT2D eigenvalue weighted by Crippen LogP contribution is 2.20. The van der Waals surface area contributed by atoms with E-state index in [1.807, 2.05) is 30.3 Å². The number of pyridine rings is 1. The van der Waals surface area contributed by atoms with Crippen molar-refractivity contribution in [1.29, 1.82) is 0 Å². The molecule has 1 aliphatic rings. The van der Waals surface area contributed by atoms with Gasteiger partial charge in [-0.3, -0.25) is 9.78 Å². The van der Waals surface area contributed by atoms with Gasteiger partial charge >= 0.3 is 0 Å². The molecule has 1 aromatic heterocycles. The third-order valence-electron chi connectivity index (χ3n) is 3.86. The molecule has 1 atom stereocenters. The van der Waals surface area contributed by atoms with E-state index in [-0.39, 0.29) is 11.9 Å². The summed E-state index contributed by atoms with van der Waals surface area (Å²) in [6.07, 6.45) is 6.24. The Balaban J connectivity index is 1.71. The number of ether oxygens (including phenoxy) is 1. The fourth-order valence-electron chi connectivity index (χ4n) is 2.82. The summed E-state index contributed by atoms with van der Waals surface area (Å²) >= 11 is 0. The van der Waals surface area contributed by atoms with Crippen molar-refractivity contribution in [3.63, 3.8) is 0 Å². The molecule has 104 valence electrons. The van der Waals surface area contributed by atoms with E-state index in [0.717, 1.165) is 35.9 Å². The van der Waals surface area contributed by atoms with Gasteiger partial charge in [-0.2, -0.15) is 0 Å². The van der Waals surface area contributed by atoms with Crippen LogP contribution in [0.4, 0.5) is 0 Å². The summed E-state index contributed by atoms with van der Waals surface area (Å²) in [6.45, 7) is 0.802. The van der Waals surface area contributed by atoms with E-state index in [2.05, 4.69) is 4.98 Å². The van der Waals surface area contributed by atoms with Crippen LogP contribution in [0.25, 0.3) is 10.9 Å². The topological polar surface area (TPSA) is 39.2 Å². The van der Waals surface area contributed by atoms with E-state index in [4.69, 9.17) is 4.74 Å². The lowest BCUT2D eigenvalue weighted by molar-refractivity contribution is -0.122. The minimum absolute atomic E-state index is 0.129. The van der Waals surface area contributed by atoms with Crippen molar-refractivity contribution >= 4 is 16.7 Å². The molecule has 2 heterocycles. The van der Waals surface area contributed by atoms with Gasteiger partial charge in [0, 0.05) is 31.0 Å². The minimum Gasteiger partial charge on any atom is -0.378 e. The predicted molar refractivity (Wildman–Crippen MR) is 78.7 cm³/mol. The van der Waals surface area contributed by atoms with Crippen molar-refractivity contribution < 1.29 is 9.53 Å². The second-order valence-electron chi connectivity index (χ2n) is 5.40. The normalized spacial score (nSPS) is 19.1. The number of rotatable bonds is 4. The molecule has 1 aromatic carbocycles. The molecule has 3 heteroatoms. The molecule has 0 aliphatic carbocycles. The van der Waals surface area contributed by atoms with E-state index in [1.165, 1.54) is 6.42 Å². The molecule has 1 unspecified atom stereocenters. The number of hydrogen-bond donors (Lipinski definition) is 0. The van der Waals surface area contributed by atoms with E-state index in [1.54, 1.807) is 6.20 Å². The summed E-state index contributed by atoms with van der Waals surface area (Å²) in [4.78, 5) is 16.6. The van der Waals surface area contributed by atoms with Crippen LogP contribution >= 0.6 is 0 Å². The van der Waals surface area contributed by atoms with Crippen molar-refractivity contribution in [2.75, 3.05) is 6.61 Å². The van der Waals surface area contributed by atoms with Crippen LogP contribution < -0.4 is 0 Å². The summed E-state index contributed by atoms with van der Waals surface area (Å²) in [5.74, 6) is 0.258. The van der Waals surface area contributed by atoms with Gasteiger partial charge in [0.2, 0.25) is 0 Å². The fraction of sp³-hybridized carbons (Fsp3) is 0.412. The lowest BCUT2D eigenvalue weighted by Crippen LogP contribution is -2.23. The second kappa shape index (κ2) is 6.14. The van der Waals surface area contributed by atoms with Gasteiger partial charge in [-0.15, -0.1) is 0 Å². The van der Waals surface area contributed by atoms with Crippen LogP contribution in [0.15, 0.2) is 36.5 Å². The highest BCUT2D eigenvalue weighted by Gasteiger charge is 2.18. The number of fused-ring (bicyclic) bond motifs is 1. The maximum atomic E-state index is 12.2. The first kappa shape index (κ1) is 13.3. The number of carbonyl (C=O) groups excluding carboxylic acids is 1. The zero-order valence-electron chi connectivity index (χ0n) is 11.5. The predicted octanol–water partition coefficient (Wildman–Crippen LogP) is 3.31. The number of carbonyl (C=O) groups is 1. The molecule has 3 nitrogen and oxygen atoms in total. The monoisotopic (exact) mass is 269 g/mol. The molecular weight excluding hydrogens is 250 g/mol. The molecule has 2 aromatic rings. The number of aromatic nitrogens is 1. The Hall–Kier alpha value is -1.74. The highest BCUT2D eigenvalue weighted by atomic mass is 16.5. The third kappa shape index (κ3) is 3.05. The van der Waals surface area contributed by atoms with Crippen molar-refractivity contribution in [2.45, 2.75) is 38.2 Å². The van der Waals surface area contributed by atoms with Crippen LogP contribution in [0.2, 0.25) is 0 Å². The van der Waals surface area contributed by atoms with Crippen molar-refractivity contribution in [1.82, 2.24) is 4.98 Å². The average molecular weight is 269 g/mol. The summed E-state index contributed by atoms with van der Waals surface area (Å²) < 4.78 is 5.64. The Bertz CT molecular complexity index is 597. The van der Waals surface area contributed by atoms with Crippen LogP contribution in [-0.2, 0) is 16.0 Å². The molecule has 0 N–H and O–H groups in total. The smallest absolute Gasteiger partial charge is 0.139 e.